The molecule has 3 rings (SSSR count). The fourth-order valence-corrected chi connectivity index (χ4v) is 4.34. The Hall–Kier alpha value is -1.32. The van der Waals surface area contributed by atoms with Crippen molar-refractivity contribution >= 4 is 53.9 Å². The molecule has 3 heteroatoms. The summed E-state index contributed by atoms with van der Waals surface area (Å²) < 4.78 is 2.73. The third-order valence-electron chi connectivity index (χ3n) is 3.30. The quantitative estimate of drug-likeness (QED) is 0.522. The Morgan fingerprint density at radius 1 is 1.05 bits per heavy atom. The average Bonchev–Trinajstić information content (AvgIpc) is 3.09. The standard InChI is InChI=1S/C16H17NS2.C2H6/c1-4-6-17(3)16-10-12-9-14-11(8-15(12)19-16)7-13(5-2)18-14;1-2/h5,7-10H,2,4,6H2,1,3H3;1-2H3. The van der Waals surface area contributed by atoms with Crippen LogP contribution in [0.2, 0.25) is 0 Å². The van der Waals surface area contributed by atoms with Gasteiger partial charge in [0.05, 0.1) is 5.00 Å². The van der Waals surface area contributed by atoms with Crippen LogP contribution in [0.1, 0.15) is 32.1 Å². The van der Waals surface area contributed by atoms with Gasteiger partial charge in [0.15, 0.2) is 0 Å². The lowest BCUT2D eigenvalue weighted by molar-refractivity contribution is 0.859. The van der Waals surface area contributed by atoms with Crippen LogP contribution < -0.4 is 4.90 Å². The van der Waals surface area contributed by atoms with Crippen LogP contribution in [-0.2, 0) is 0 Å². The Labute approximate surface area is 135 Å². The van der Waals surface area contributed by atoms with Crippen LogP contribution in [0.15, 0.2) is 30.8 Å². The first-order valence-electron chi connectivity index (χ1n) is 7.52. The number of hydrogen-bond acceptors (Lipinski definition) is 3. The van der Waals surface area contributed by atoms with Crippen LogP contribution >= 0.6 is 22.7 Å². The molecule has 0 N–H and O–H groups in total. The van der Waals surface area contributed by atoms with Crippen LogP contribution in [0.3, 0.4) is 0 Å². The minimum absolute atomic E-state index is 1.11. The summed E-state index contributed by atoms with van der Waals surface area (Å²) in [4.78, 5) is 3.59. The second-order valence-corrected chi connectivity index (χ2v) is 6.96. The van der Waals surface area contributed by atoms with Crippen molar-refractivity contribution in [2.45, 2.75) is 27.2 Å². The van der Waals surface area contributed by atoms with Gasteiger partial charge in [-0.3, -0.25) is 0 Å². The molecule has 1 nitrogen and oxygen atoms in total. The van der Waals surface area contributed by atoms with Crippen molar-refractivity contribution in [2.75, 3.05) is 18.5 Å². The van der Waals surface area contributed by atoms with E-state index in [1.54, 1.807) is 0 Å². The van der Waals surface area contributed by atoms with E-state index in [0.29, 0.717) is 0 Å². The second kappa shape index (κ2) is 7.10. The summed E-state index contributed by atoms with van der Waals surface area (Å²) in [6.07, 6.45) is 3.11. The molecule has 2 heterocycles. The van der Waals surface area contributed by atoms with Crippen LogP contribution in [0.5, 0.6) is 0 Å². The highest BCUT2D eigenvalue weighted by molar-refractivity contribution is 7.23. The van der Waals surface area contributed by atoms with E-state index in [4.69, 9.17) is 0 Å². The van der Waals surface area contributed by atoms with Gasteiger partial charge >= 0.3 is 0 Å². The first-order valence-corrected chi connectivity index (χ1v) is 9.15. The van der Waals surface area contributed by atoms with Crippen molar-refractivity contribution in [1.82, 2.24) is 0 Å². The zero-order chi connectivity index (χ0) is 15.4. The zero-order valence-corrected chi connectivity index (χ0v) is 14.9. The highest BCUT2D eigenvalue weighted by Crippen LogP contribution is 2.37. The molecule has 1 aromatic carbocycles. The van der Waals surface area contributed by atoms with E-state index in [2.05, 4.69) is 49.7 Å². The van der Waals surface area contributed by atoms with Gasteiger partial charge < -0.3 is 4.90 Å². The molecule has 0 aliphatic carbocycles. The number of nitrogens with zero attached hydrogens (tertiary/aromatic N) is 1. The lowest BCUT2D eigenvalue weighted by Crippen LogP contribution is -2.15. The molecule has 0 bridgehead atoms. The maximum Gasteiger partial charge on any atom is 0.0918 e. The minimum atomic E-state index is 1.11. The number of fused-ring (bicyclic) bond motifs is 2. The Balaban J connectivity index is 0.000000774. The van der Waals surface area contributed by atoms with Gasteiger partial charge in [-0.15, -0.1) is 22.7 Å². The summed E-state index contributed by atoms with van der Waals surface area (Å²) in [5.74, 6) is 0. The van der Waals surface area contributed by atoms with Crippen molar-refractivity contribution in [2.24, 2.45) is 0 Å². The average molecular weight is 318 g/mol. The predicted octanol–water partition coefficient (Wildman–Crippen LogP) is 6.63. The molecule has 0 amide bonds. The van der Waals surface area contributed by atoms with E-state index in [-0.39, 0.29) is 0 Å². The molecule has 0 aliphatic heterocycles. The molecule has 2 aromatic heterocycles. The molecule has 0 radical (unpaired) electrons. The monoisotopic (exact) mass is 317 g/mol. The van der Waals surface area contributed by atoms with Crippen LogP contribution in [0.4, 0.5) is 5.00 Å². The molecule has 0 saturated heterocycles. The van der Waals surface area contributed by atoms with Crippen molar-refractivity contribution in [1.29, 1.82) is 0 Å². The van der Waals surface area contributed by atoms with Gasteiger partial charge in [0.1, 0.15) is 0 Å². The molecule has 0 aliphatic rings. The normalized spacial score (nSPS) is 10.5. The molecule has 0 fully saturated rings. The summed E-state index contributed by atoms with van der Waals surface area (Å²) in [6, 6.07) is 9.15. The number of rotatable bonds is 4. The Kier molecular flexibility index (Phi) is 5.43. The topological polar surface area (TPSA) is 3.24 Å². The fourth-order valence-electron chi connectivity index (χ4n) is 2.31. The lowest BCUT2D eigenvalue weighted by Gasteiger charge is -2.14. The smallest absolute Gasteiger partial charge is 0.0918 e. The van der Waals surface area contributed by atoms with Gasteiger partial charge in [-0.1, -0.05) is 33.4 Å². The van der Waals surface area contributed by atoms with Crippen molar-refractivity contribution in [3.05, 3.63) is 35.7 Å². The predicted molar refractivity (Wildman–Crippen MR) is 102 cm³/mol. The summed E-state index contributed by atoms with van der Waals surface area (Å²) in [7, 11) is 2.17. The van der Waals surface area contributed by atoms with Crippen LogP contribution in [0, 0.1) is 0 Å². The molecule has 0 spiro atoms. The van der Waals surface area contributed by atoms with Gasteiger partial charge in [0.25, 0.3) is 0 Å². The Bertz CT molecular complexity index is 685. The highest BCUT2D eigenvalue weighted by Gasteiger charge is 2.08. The Morgan fingerprint density at radius 2 is 1.67 bits per heavy atom. The first-order chi connectivity index (χ1) is 10.2. The number of thiophene rings is 2. The van der Waals surface area contributed by atoms with Crippen LogP contribution in [0.25, 0.3) is 26.2 Å². The molecule has 112 valence electrons. The van der Waals surface area contributed by atoms with Crippen molar-refractivity contribution in [3.8, 4) is 0 Å². The first kappa shape index (κ1) is 16.1. The Morgan fingerprint density at radius 3 is 2.29 bits per heavy atom. The zero-order valence-electron chi connectivity index (χ0n) is 13.3. The van der Waals surface area contributed by atoms with Gasteiger partial charge in [0, 0.05) is 27.9 Å². The van der Waals surface area contributed by atoms with Gasteiger partial charge in [0.2, 0.25) is 0 Å². The summed E-state index contributed by atoms with van der Waals surface area (Å²) in [5.41, 5.74) is 0. The second-order valence-electron chi connectivity index (χ2n) is 4.79. The van der Waals surface area contributed by atoms with Gasteiger partial charge in [-0.2, -0.15) is 0 Å². The van der Waals surface area contributed by atoms with Crippen LogP contribution in [-0.4, -0.2) is 13.6 Å². The SMILES string of the molecule is C=Cc1cc2cc3sc(N(C)CCC)cc3cc2s1.CC. The summed E-state index contributed by atoms with van der Waals surface area (Å²) >= 11 is 3.69. The van der Waals surface area contributed by atoms with E-state index >= 15 is 0 Å². The summed E-state index contributed by atoms with van der Waals surface area (Å²) in [5, 5.41) is 4.05. The maximum atomic E-state index is 3.85. The largest absolute Gasteiger partial charge is 0.366 e. The fraction of sp³-hybridized carbons (Fsp3) is 0.333. The number of hydrogen-bond donors (Lipinski definition) is 0. The molecule has 0 unspecified atom stereocenters. The molecular formula is C18H23NS2. The van der Waals surface area contributed by atoms with E-state index in [9.17, 15) is 0 Å². The third-order valence-corrected chi connectivity index (χ3v) is 5.60. The minimum Gasteiger partial charge on any atom is -0.366 e. The van der Waals surface area contributed by atoms with E-state index in [1.165, 1.54) is 36.5 Å². The molecule has 3 aromatic rings. The summed E-state index contributed by atoms with van der Waals surface area (Å²) in [6.45, 7) is 11.2. The highest BCUT2D eigenvalue weighted by atomic mass is 32.1. The molecule has 0 saturated carbocycles. The molecule has 21 heavy (non-hydrogen) atoms. The van der Waals surface area contributed by atoms with Crippen molar-refractivity contribution < 1.29 is 0 Å². The van der Waals surface area contributed by atoms with E-state index in [0.717, 1.165) is 6.54 Å². The van der Waals surface area contributed by atoms with Gasteiger partial charge in [-0.05, 0) is 41.5 Å². The van der Waals surface area contributed by atoms with E-state index in [1.807, 2.05) is 42.6 Å². The maximum absolute atomic E-state index is 3.85. The third kappa shape index (κ3) is 3.30. The number of benzene rings is 1. The molecular weight excluding hydrogens is 294 g/mol. The van der Waals surface area contributed by atoms with Crippen molar-refractivity contribution in [3.63, 3.8) is 0 Å². The lowest BCUT2D eigenvalue weighted by atomic mass is 10.2. The van der Waals surface area contributed by atoms with Gasteiger partial charge in [-0.25, -0.2) is 0 Å². The molecule has 0 atom stereocenters. The number of anilines is 1. The van der Waals surface area contributed by atoms with E-state index < -0.39 is 0 Å².